The maximum Gasteiger partial charge on any atom is 0.372 e. The smallest absolute Gasteiger partial charge is 0.372 e. The number of aromatic carboxylic acids is 1. The Morgan fingerprint density at radius 3 is 2.11 bits per heavy atom. The predicted octanol–water partition coefficient (Wildman–Crippen LogP) is 1.59. The van der Waals surface area contributed by atoms with E-state index in [1.165, 1.54) is 0 Å². The standard InChI is InChI=1S/C13H12O4.H2O/c1-6-4-9-8(3)11(12(14)15)17-13(16)10(9)5-7(6)2;/h4-5H,1-3H3,(H,14,15);1H2. The number of carbonyl (C=O) groups is 1. The molecule has 2 rings (SSSR count). The van der Waals surface area contributed by atoms with Gasteiger partial charge in [-0.3, -0.25) is 0 Å². The fourth-order valence-electron chi connectivity index (χ4n) is 1.85. The van der Waals surface area contributed by atoms with Gasteiger partial charge in [0, 0.05) is 5.56 Å². The molecule has 0 aliphatic carbocycles. The summed E-state index contributed by atoms with van der Waals surface area (Å²) in [5.41, 5.74) is 1.87. The lowest BCUT2D eigenvalue weighted by atomic mass is 10.0. The van der Waals surface area contributed by atoms with E-state index in [4.69, 9.17) is 9.52 Å². The van der Waals surface area contributed by atoms with Gasteiger partial charge in [0.05, 0.1) is 5.39 Å². The molecule has 0 aliphatic heterocycles. The Morgan fingerprint density at radius 2 is 1.61 bits per heavy atom. The number of rotatable bonds is 1. The van der Waals surface area contributed by atoms with Crippen LogP contribution in [0.1, 0.15) is 27.2 Å². The van der Waals surface area contributed by atoms with Crippen LogP contribution in [0.2, 0.25) is 0 Å². The molecule has 0 amide bonds. The average molecular weight is 250 g/mol. The number of fused-ring (bicyclic) bond motifs is 1. The highest BCUT2D eigenvalue weighted by atomic mass is 16.4. The third-order valence-electron chi connectivity index (χ3n) is 2.99. The monoisotopic (exact) mass is 250 g/mol. The summed E-state index contributed by atoms with van der Waals surface area (Å²) in [5, 5.41) is 10.0. The van der Waals surface area contributed by atoms with Crippen LogP contribution in [-0.4, -0.2) is 16.6 Å². The molecular formula is C13H14O5. The van der Waals surface area contributed by atoms with Crippen molar-refractivity contribution in [1.29, 1.82) is 0 Å². The fraction of sp³-hybridized carbons (Fsp3) is 0.231. The van der Waals surface area contributed by atoms with Crippen molar-refractivity contribution in [3.8, 4) is 0 Å². The lowest BCUT2D eigenvalue weighted by Gasteiger charge is -2.07. The first kappa shape index (κ1) is 13.9. The molecule has 1 aromatic carbocycles. The third-order valence-corrected chi connectivity index (χ3v) is 2.99. The van der Waals surface area contributed by atoms with Crippen molar-refractivity contribution in [3.05, 3.63) is 45.0 Å². The Hall–Kier alpha value is -2.14. The molecule has 96 valence electrons. The molecule has 1 aromatic heterocycles. The van der Waals surface area contributed by atoms with Crippen molar-refractivity contribution in [1.82, 2.24) is 0 Å². The molecule has 0 saturated carbocycles. The fourth-order valence-corrected chi connectivity index (χ4v) is 1.85. The maximum atomic E-state index is 11.7. The normalized spacial score (nSPS) is 10.2. The van der Waals surface area contributed by atoms with Crippen LogP contribution in [0.15, 0.2) is 21.3 Å². The summed E-state index contributed by atoms with van der Waals surface area (Å²) in [4.78, 5) is 22.6. The zero-order valence-electron chi connectivity index (χ0n) is 10.3. The van der Waals surface area contributed by atoms with Gasteiger partial charge in [-0.25, -0.2) is 9.59 Å². The number of hydrogen-bond acceptors (Lipinski definition) is 3. The maximum absolute atomic E-state index is 11.7. The summed E-state index contributed by atoms with van der Waals surface area (Å²) in [6, 6.07) is 3.55. The van der Waals surface area contributed by atoms with E-state index < -0.39 is 11.6 Å². The third kappa shape index (κ3) is 2.00. The van der Waals surface area contributed by atoms with Gasteiger partial charge in [0.2, 0.25) is 5.76 Å². The highest BCUT2D eigenvalue weighted by Gasteiger charge is 2.16. The van der Waals surface area contributed by atoms with E-state index in [1.807, 2.05) is 19.9 Å². The lowest BCUT2D eigenvalue weighted by Crippen LogP contribution is -2.09. The van der Waals surface area contributed by atoms with Crippen molar-refractivity contribution in [2.45, 2.75) is 20.8 Å². The van der Waals surface area contributed by atoms with Crippen molar-refractivity contribution >= 4 is 16.7 Å². The second-order valence-corrected chi connectivity index (χ2v) is 4.13. The minimum Gasteiger partial charge on any atom is -0.475 e. The van der Waals surface area contributed by atoms with Gasteiger partial charge >= 0.3 is 11.6 Å². The van der Waals surface area contributed by atoms with Crippen molar-refractivity contribution in [2.75, 3.05) is 0 Å². The number of benzene rings is 1. The zero-order valence-corrected chi connectivity index (χ0v) is 10.3. The summed E-state index contributed by atoms with van der Waals surface area (Å²) in [7, 11) is 0. The van der Waals surface area contributed by atoms with E-state index in [0.29, 0.717) is 16.3 Å². The molecule has 0 atom stereocenters. The first-order valence-electron chi connectivity index (χ1n) is 5.19. The molecule has 0 saturated heterocycles. The number of carboxylic acid groups (broad SMARTS) is 1. The van der Waals surface area contributed by atoms with E-state index >= 15 is 0 Å². The minimum absolute atomic E-state index is 0. The quantitative estimate of drug-likeness (QED) is 0.830. The summed E-state index contributed by atoms with van der Waals surface area (Å²) in [6.45, 7) is 5.46. The second kappa shape index (κ2) is 4.62. The van der Waals surface area contributed by atoms with E-state index in [9.17, 15) is 9.59 Å². The van der Waals surface area contributed by atoms with Gasteiger partial charge < -0.3 is 15.0 Å². The molecule has 18 heavy (non-hydrogen) atoms. The second-order valence-electron chi connectivity index (χ2n) is 4.13. The topological polar surface area (TPSA) is 99.0 Å². The van der Waals surface area contributed by atoms with Crippen LogP contribution in [0.5, 0.6) is 0 Å². The lowest BCUT2D eigenvalue weighted by molar-refractivity contribution is 0.0656. The first-order chi connectivity index (χ1) is 7.91. The molecule has 0 spiro atoms. The van der Waals surface area contributed by atoms with Crippen LogP contribution in [0.4, 0.5) is 0 Å². The van der Waals surface area contributed by atoms with Crippen LogP contribution >= 0.6 is 0 Å². The summed E-state index contributed by atoms with van der Waals surface area (Å²) >= 11 is 0. The van der Waals surface area contributed by atoms with Gasteiger partial charge in [-0.05, 0) is 43.4 Å². The van der Waals surface area contributed by atoms with E-state index in [1.54, 1.807) is 13.0 Å². The Kier molecular flexibility index (Phi) is 3.57. The van der Waals surface area contributed by atoms with Crippen LogP contribution in [0, 0.1) is 20.8 Å². The van der Waals surface area contributed by atoms with Gasteiger partial charge in [-0.2, -0.15) is 0 Å². The molecule has 1 heterocycles. The van der Waals surface area contributed by atoms with E-state index in [0.717, 1.165) is 11.1 Å². The van der Waals surface area contributed by atoms with E-state index in [-0.39, 0.29) is 11.2 Å². The summed E-state index contributed by atoms with van der Waals surface area (Å²) < 4.78 is 4.82. The molecule has 0 bridgehead atoms. The van der Waals surface area contributed by atoms with Crippen molar-refractivity contribution in [3.63, 3.8) is 0 Å². The van der Waals surface area contributed by atoms with Crippen LogP contribution in [0.25, 0.3) is 10.8 Å². The van der Waals surface area contributed by atoms with Gasteiger partial charge in [-0.1, -0.05) is 6.07 Å². The molecule has 0 fully saturated rings. The largest absolute Gasteiger partial charge is 0.475 e. The molecule has 0 unspecified atom stereocenters. The number of aryl methyl sites for hydroxylation is 3. The van der Waals surface area contributed by atoms with Crippen LogP contribution in [0.3, 0.4) is 0 Å². The Bertz CT molecular complexity index is 682. The van der Waals surface area contributed by atoms with Gasteiger partial charge in [0.1, 0.15) is 0 Å². The Balaban J connectivity index is 0.00000162. The number of hydrogen-bond donors (Lipinski definition) is 1. The number of carboxylic acids is 1. The molecule has 0 radical (unpaired) electrons. The molecule has 0 aliphatic rings. The Morgan fingerprint density at radius 1 is 1.11 bits per heavy atom. The Labute approximate surface area is 103 Å². The first-order valence-corrected chi connectivity index (χ1v) is 5.19. The predicted molar refractivity (Wildman–Crippen MR) is 67.3 cm³/mol. The molecule has 5 nitrogen and oxygen atoms in total. The van der Waals surface area contributed by atoms with Gasteiger partial charge in [0.25, 0.3) is 0 Å². The average Bonchev–Trinajstić information content (AvgIpc) is 2.25. The molecular weight excluding hydrogens is 236 g/mol. The van der Waals surface area contributed by atoms with Crippen molar-refractivity contribution < 1.29 is 19.8 Å². The summed E-state index contributed by atoms with van der Waals surface area (Å²) in [5.74, 6) is -1.51. The molecule has 5 heteroatoms. The molecule has 2 aromatic rings. The van der Waals surface area contributed by atoms with Crippen LogP contribution < -0.4 is 5.63 Å². The SMILES string of the molecule is Cc1cc2c(C)c(C(=O)O)oc(=O)c2cc1C.O. The van der Waals surface area contributed by atoms with E-state index in [2.05, 4.69) is 0 Å². The van der Waals surface area contributed by atoms with Crippen LogP contribution in [-0.2, 0) is 0 Å². The summed E-state index contributed by atoms with van der Waals surface area (Å²) in [6.07, 6.45) is 0. The minimum atomic E-state index is -1.22. The van der Waals surface area contributed by atoms with Crippen molar-refractivity contribution in [2.24, 2.45) is 0 Å². The molecule has 3 N–H and O–H groups in total. The van der Waals surface area contributed by atoms with Gasteiger partial charge in [-0.15, -0.1) is 0 Å². The van der Waals surface area contributed by atoms with Gasteiger partial charge in [0.15, 0.2) is 0 Å². The highest BCUT2D eigenvalue weighted by molar-refractivity contribution is 5.94. The zero-order chi connectivity index (χ0) is 12.7. The highest BCUT2D eigenvalue weighted by Crippen LogP contribution is 2.22.